The van der Waals surface area contributed by atoms with Gasteiger partial charge in [-0.1, -0.05) is 65.8 Å². The summed E-state index contributed by atoms with van der Waals surface area (Å²) in [5.74, 6) is 1.89. The molecule has 0 spiro atoms. The predicted molar refractivity (Wildman–Crippen MR) is 148 cm³/mol. The first-order valence-electron chi connectivity index (χ1n) is 12.1. The zero-order valence-electron chi connectivity index (χ0n) is 21.1. The van der Waals surface area contributed by atoms with Crippen LogP contribution in [0.25, 0.3) is 0 Å². The molecule has 3 unspecified atom stereocenters. The molecule has 0 bridgehead atoms. The molecule has 3 atom stereocenters. The van der Waals surface area contributed by atoms with E-state index in [0.29, 0.717) is 13.2 Å². The van der Waals surface area contributed by atoms with E-state index in [1.54, 1.807) is 11.8 Å². The fraction of sp³-hybridized carbons (Fsp3) is 0.680. The Kier molecular flexibility index (Phi) is 17.4. The van der Waals surface area contributed by atoms with Gasteiger partial charge in [0.05, 0.1) is 5.33 Å². The highest BCUT2D eigenvalue weighted by Crippen LogP contribution is 2.33. The second-order valence-corrected chi connectivity index (χ2v) is 11.9. The van der Waals surface area contributed by atoms with E-state index in [1.165, 1.54) is 37.7 Å². The number of aliphatic carboxylic acids is 1. The molecule has 0 fully saturated rings. The molecule has 2 rings (SSSR count). The molecule has 1 aromatic carbocycles. The molecule has 10 heteroatoms. The normalized spacial score (nSPS) is 14.4. The average molecular weight is 595 g/mol. The van der Waals surface area contributed by atoms with Crippen LogP contribution in [-0.4, -0.2) is 62.7 Å². The van der Waals surface area contributed by atoms with Gasteiger partial charge in [0.2, 0.25) is 12.7 Å². The summed E-state index contributed by atoms with van der Waals surface area (Å²) in [5.41, 5.74) is 1.17. The number of amides is 1. The van der Waals surface area contributed by atoms with Gasteiger partial charge in [0.1, 0.15) is 17.0 Å². The molecular weight excluding hydrogens is 554 g/mol. The highest BCUT2D eigenvalue weighted by Gasteiger charge is 2.20. The number of unbranched alkanes of at least 4 members (excludes halogenated alkanes) is 5. The molecule has 7 nitrogen and oxygen atoms in total. The number of carboxylic acid groups (broad SMARTS) is 1. The van der Waals surface area contributed by atoms with E-state index >= 15 is 0 Å². The molecule has 0 saturated heterocycles. The van der Waals surface area contributed by atoms with Gasteiger partial charge in [-0.3, -0.25) is 4.79 Å². The average Bonchev–Trinajstić information content (AvgIpc) is 3.31. The first kappa shape index (κ1) is 31.9. The minimum absolute atomic E-state index is 0.135. The van der Waals surface area contributed by atoms with Crippen LogP contribution in [0.15, 0.2) is 18.2 Å². The Morgan fingerprint density at radius 1 is 1.20 bits per heavy atom. The van der Waals surface area contributed by atoms with Gasteiger partial charge in [0.25, 0.3) is 0 Å². The van der Waals surface area contributed by atoms with Crippen LogP contribution in [0.1, 0.15) is 64.4 Å². The zero-order valence-corrected chi connectivity index (χ0v) is 24.3. The van der Waals surface area contributed by atoms with Crippen LogP contribution in [0.4, 0.5) is 0 Å². The van der Waals surface area contributed by atoms with Crippen LogP contribution in [0.2, 0.25) is 0 Å². The molecule has 1 amide bonds. The lowest BCUT2D eigenvalue weighted by Crippen LogP contribution is -2.41. The highest BCUT2D eigenvalue weighted by molar-refractivity contribution is 9.09. The lowest BCUT2D eigenvalue weighted by atomic mass is 10.1. The number of carbonyl (C=O) groups excluding carboxylic acids is 1. The molecule has 0 aromatic heterocycles. The van der Waals surface area contributed by atoms with Crippen molar-refractivity contribution in [3.63, 3.8) is 0 Å². The van der Waals surface area contributed by atoms with Gasteiger partial charge in [-0.25, -0.2) is 4.79 Å². The van der Waals surface area contributed by atoms with Crippen molar-refractivity contribution in [1.82, 2.24) is 5.32 Å². The molecule has 0 radical (unpaired) electrons. The van der Waals surface area contributed by atoms with Crippen LogP contribution >= 0.6 is 27.7 Å². The number of nitrogens with one attached hydrogen (secondary N) is 1. The monoisotopic (exact) mass is 593 g/mol. The Bertz CT molecular complexity index is 755. The minimum Gasteiger partial charge on any atom is -0.616 e. The molecule has 1 aliphatic heterocycles. The first-order valence-corrected chi connectivity index (χ1v) is 16.0. The minimum atomic E-state index is -0.983. The number of hydrogen-bond donors (Lipinski definition) is 2. The number of carboxylic acids is 1. The summed E-state index contributed by atoms with van der Waals surface area (Å²) in [6, 6.07) is 5.24. The number of carbonyl (C=O) groups is 2. The fourth-order valence-corrected chi connectivity index (χ4v) is 5.35. The van der Waals surface area contributed by atoms with Crippen molar-refractivity contribution in [3.05, 3.63) is 23.8 Å². The van der Waals surface area contributed by atoms with Crippen molar-refractivity contribution in [2.24, 2.45) is 0 Å². The van der Waals surface area contributed by atoms with Gasteiger partial charge in [0, 0.05) is 6.42 Å². The third-order valence-electron chi connectivity index (χ3n) is 5.47. The van der Waals surface area contributed by atoms with E-state index in [4.69, 9.17) is 14.6 Å². The maximum Gasteiger partial charge on any atom is 0.326 e. The summed E-state index contributed by atoms with van der Waals surface area (Å²) >= 11 is 3.76. The summed E-state index contributed by atoms with van der Waals surface area (Å²) < 4.78 is 23.0. The number of ether oxygens (including phenoxy) is 2. The second-order valence-electron chi connectivity index (χ2n) is 8.43. The summed E-state index contributed by atoms with van der Waals surface area (Å²) in [6.07, 6.45) is 10.7. The Labute approximate surface area is 225 Å². The van der Waals surface area contributed by atoms with Gasteiger partial charge in [0.15, 0.2) is 11.5 Å². The van der Waals surface area contributed by atoms with Gasteiger partial charge < -0.3 is 24.4 Å². The molecule has 1 aliphatic rings. The Balaban J connectivity index is 0.000000405. The van der Waals surface area contributed by atoms with Crippen LogP contribution in [0.3, 0.4) is 0 Å². The van der Waals surface area contributed by atoms with Crippen molar-refractivity contribution >= 4 is 50.7 Å². The van der Waals surface area contributed by atoms with Crippen molar-refractivity contribution in [2.75, 3.05) is 29.9 Å². The van der Waals surface area contributed by atoms with Crippen molar-refractivity contribution in [1.29, 1.82) is 0 Å². The second kappa shape index (κ2) is 19.1. The number of fused-ring (bicyclic) bond motifs is 1. The van der Waals surface area contributed by atoms with Crippen molar-refractivity contribution in [3.8, 4) is 11.5 Å². The Morgan fingerprint density at radius 2 is 1.89 bits per heavy atom. The number of benzene rings is 1. The first-order chi connectivity index (χ1) is 16.8. The quantitative estimate of drug-likeness (QED) is 0.155. The third-order valence-corrected chi connectivity index (χ3v) is 8.38. The molecular formula is C25H40BrNO6S2. The van der Waals surface area contributed by atoms with Gasteiger partial charge >= 0.3 is 5.97 Å². The zero-order chi connectivity index (χ0) is 26.1. The van der Waals surface area contributed by atoms with Crippen molar-refractivity contribution in [2.45, 2.75) is 76.5 Å². The van der Waals surface area contributed by atoms with E-state index in [9.17, 15) is 14.1 Å². The smallest absolute Gasteiger partial charge is 0.326 e. The Morgan fingerprint density at radius 3 is 2.54 bits per heavy atom. The van der Waals surface area contributed by atoms with E-state index in [-0.39, 0.29) is 16.5 Å². The molecule has 0 saturated carbocycles. The molecule has 2 N–H and O–H groups in total. The predicted octanol–water partition coefficient (Wildman–Crippen LogP) is 5.16. The number of rotatable bonds is 16. The molecule has 1 heterocycles. The largest absolute Gasteiger partial charge is 0.616 e. The number of thioether (sulfide) groups is 1. The SMILES string of the molecule is CCCCCCCC[S+]([O-])C(C)Cc1ccc2c(c1)OCO2.CSCCC(NC(=O)CBr)C(=O)O. The van der Waals surface area contributed by atoms with Crippen LogP contribution in [0.5, 0.6) is 11.5 Å². The van der Waals surface area contributed by atoms with E-state index in [0.717, 1.165) is 35.8 Å². The topological polar surface area (TPSA) is 108 Å². The summed E-state index contributed by atoms with van der Waals surface area (Å²) in [4.78, 5) is 21.5. The molecule has 200 valence electrons. The van der Waals surface area contributed by atoms with Crippen LogP contribution in [-0.2, 0) is 27.2 Å². The third kappa shape index (κ3) is 13.7. The van der Waals surface area contributed by atoms with Crippen LogP contribution < -0.4 is 14.8 Å². The van der Waals surface area contributed by atoms with Gasteiger partial charge in [-0.05, 0) is 55.9 Å². The highest BCUT2D eigenvalue weighted by atomic mass is 79.9. The van der Waals surface area contributed by atoms with E-state index < -0.39 is 23.2 Å². The van der Waals surface area contributed by atoms with Crippen molar-refractivity contribution < 1.29 is 28.7 Å². The molecule has 0 aliphatic carbocycles. The lowest BCUT2D eigenvalue weighted by molar-refractivity contribution is -0.141. The summed E-state index contributed by atoms with van der Waals surface area (Å²) in [7, 11) is 0. The van der Waals surface area contributed by atoms with Gasteiger partial charge in [-0.2, -0.15) is 11.8 Å². The fourth-order valence-electron chi connectivity index (χ4n) is 3.44. The number of alkyl halides is 1. The molecule has 1 aromatic rings. The van der Waals surface area contributed by atoms with E-state index in [2.05, 4.69) is 35.1 Å². The number of hydrogen-bond acceptors (Lipinski definition) is 6. The summed E-state index contributed by atoms with van der Waals surface area (Å²) in [5, 5.41) is 11.4. The molecule has 35 heavy (non-hydrogen) atoms. The van der Waals surface area contributed by atoms with E-state index in [1.807, 2.05) is 24.5 Å². The maximum absolute atomic E-state index is 12.3. The number of halogens is 1. The van der Waals surface area contributed by atoms with Crippen LogP contribution in [0, 0.1) is 0 Å². The van der Waals surface area contributed by atoms with Gasteiger partial charge in [-0.15, -0.1) is 0 Å². The Hall–Kier alpha value is -1.10. The summed E-state index contributed by atoms with van der Waals surface area (Å²) in [6.45, 7) is 4.61. The standard InChI is InChI=1S/C18H28O3S.C7H12BrNO3S/c1-3-4-5-6-7-8-11-22(19)15(2)12-16-9-10-17-18(13-16)21-14-20-17;1-13-3-2-5(7(11)12)9-6(10)4-8/h9-10,13,15H,3-8,11-12,14H2,1-2H3;5H,2-4H2,1H3,(H,9,10)(H,11,12). The lowest BCUT2D eigenvalue weighted by Gasteiger charge is -2.18. The maximum atomic E-state index is 12.3.